The Kier molecular flexibility index (Phi) is 5.74. The first-order valence-electron chi connectivity index (χ1n) is 9.76. The molecule has 3 heterocycles. The zero-order valence-corrected chi connectivity index (χ0v) is 16.4. The predicted octanol–water partition coefficient (Wildman–Crippen LogP) is 3.76. The van der Waals surface area contributed by atoms with Crippen molar-refractivity contribution in [3.63, 3.8) is 0 Å². The van der Waals surface area contributed by atoms with Gasteiger partial charge in [0.25, 0.3) is 5.91 Å². The molecule has 0 bridgehead atoms. The normalized spacial score (nSPS) is 16.4. The van der Waals surface area contributed by atoms with E-state index in [0.29, 0.717) is 18.1 Å². The molecule has 1 aliphatic rings. The zero-order valence-electron chi connectivity index (χ0n) is 16.4. The number of likely N-dealkylation sites (tertiary alicyclic amines) is 1. The maximum Gasteiger partial charge on any atom is 0.274 e. The molecule has 0 spiro atoms. The summed E-state index contributed by atoms with van der Waals surface area (Å²) >= 11 is 0. The summed E-state index contributed by atoms with van der Waals surface area (Å²) in [7, 11) is 1.62. The lowest BCUT2D eigenvalue weighted by Crippen LogP contribution is -2.38. The number of pyridine rings is 1. The second-order valence-electron chi connectivity index (χ2n) is 7.04. The number of amides is 1. The Morgan fingerprint density at radius 3 is 2.93 bits per heavy atom. The molecule has 1 saturated heterocycles. The van der Waals surface area contributed by atoms with Gasteiger partial charge < -0.3 is 14.4 Å². The molecule has 0 saturated carbocycles. The number of benzene rings is 1. The average molecular weight is 392 g/mol. The average Bonchev–Trinajstić information content (AvgIpc) is 3.27. The summed E-state index contributed by atoms with van der Waals surface area (Å²) in [6.07, 6.45) is 6.63. The quantitative estimate of drug-likeness (QED) is 0.691. The highest BCUT2D eigenvalue weighted by Crippen LogP contribution is 2.31. The highest BCUT2D eigenvalue weighted by molar-refractivity contribution is 5.92. The van der Waals surface area contributed by atoms with Crippen LogP contribution in [0.15, 0.2) is 54.9 Å². The minimum atomic E-state index is -0.0672. The molecule has 7 nitrogen and oxygen atoms in total. The number of aromatic amines is 1. The van der Waals surface area contributed by atoms with Crippen LogP contribution in [0.4, 0.5) is 0 Å². The first kappa shape index (κ1) is 19.0. The molecule has 1 N–H and O–H groups in total. The van der Waals surface area contributed by atoms with Crippen molar-refractivity contribution in [1.82, 2.24) is 20.1 Å². The standard InChI is InChI=1S/C22H24N4O3/c1-28-18-7-4-8-19(13-18)29-15-17-12-20(25-24-17)22(27)26-11-3-2-9-21(26)16-6-5-10-23-14-16/h4-8,10,12-14,21H,2-3,9,11,15H2,1H3,(H,24,25)/t21-/m0/s1. The van der Waals surface area contributed by atoms with E-state index in [9.17, 15) is 4.79 Å². The summed E-state index contributed by atoms with van der Waals surface area (Å²) in [6, 6.07) is 13.1. The fourth-order valence-electron chi connectivity index (χ4n) is 3.64. The third kappa shape index (κ3) is 4.39. The molecule has 29 heavy (non-hydrogen) atoms. The molecule has 1 aromatic carbocycles. The van der Waals surface area contributed by atoms with Crippen LogP contribution in [0, 0.1) is 0 Å². The summed E-state index contributed by atoms with van der Waals surface area (Å²) in [4.78, 5) is 19.2. The lowest BCUT2D eigenvalue weighted by atomic mass is 9.96. The van der Waals surface area contributed by atoms with Gasteiger partial charge in [0.05, 0.1) is 18.8 Å². The third-order valence-corrected chi connectivity index (χ3v) is 5.12. The molecular formula is C22H24N4O3. The number of piperidine rings is 1. The van der Waals surface area contributed by atoms with Gasteiger partial charge in [0.15, 0.2) is 5.69 Å². The van der Waals surface area contributed by atoms with Crippen molar-refractivity contribution in [3.05, 3.63) is 71.8 Å². The van der Waals surface area contributed by atoms with E-state index in [2.05, 4.69) is 15.2 Å². The van der Waals surface area contributed by atoms with E-state index in [1.165, 1.54) is 0 Å². The van der Waals surface area contributed by atoms with Crippen LogP contribution in [0.3, 0.4) is 0 Å². The Balaban J connectivity index is 1.44. The molecular weight excluding hydrogens is 368 g/mol. The lowest BCUT2D eigenvalue weighted by Gasteiger charge is -2.35. The van der Waals surface area contributed by atoms with Gasteiger partial charge in [0, 0.05) is 25.0 Å². The zero-order chi connectivity index (χ0) is 20.1. The molecule has 4 rings (SSSR count). The van der Waals surface area contributed by atoms with Crippen molar-refractivity contribution >= 4 is 5.91 Å². The van der Waals surface area contributed by atoms with Gasteiger partial charge >= 0.3 is 0 Å². The maximum atomic E-state index is 13.1. The highest BCUT2D eigenvalue weighted by Gasteiger charge is 2.30. The van der Waals surface area contributed by atoms with Crippen molar-refractivity contribution < 1.29 is 14.3 Å². The molecule has 0 aliphatic carbocycles. The molecule has 1 amide bonds. The number of carbonyl (C=O) groups excluding carboxylic acids is 1. The van der Waals surface area contributed by atoms with E-state index in [0.717, 1.165) is 42.8 Å². The van der Waals surface area contributed by atoms with E-state index in [1.807, 2.05) is 47.5 Å². The van der Waals surface area contributed by atoms with Crippen molar-refractivity contribution in [2.24, 2.45) is 0 Å². The monoisotopic (exact) mass is 392 g/mol. The van der Waals surface area contributed by atoms with Crippen LogP contribution in [0.1, 0.15) is 47.1 Å². The highest BCUT2D eigenvalue weighted by atomic mass is 16.5. The smallest absolute Gasteiger partial charge is 0.274 e. The van der Waals surface area contributed by atoms with E-state index in [1.54, 1.807) is 19.4 Å². The molecule has 150 valence electrons. The molecule has 3 aromatic rings. The van der Waals surface area contributed by atoms with Crippen molar-refractivity contribution in [2.75, 3.05) is 13.7 Å². The number of rotatable bonds is 6. The molecule has 7 heteroatoms. The number of hydrogen-bond donors (Lipinski definition) is 1. The van der Waals surface area contributed by atoms with Gasteiger partial charge in [-0.25, -0.2) is 0 Å². The SMILES string of the molecule is COc1cccc(OCc2cc(C(=O)N3CCCC[C@H]3c3cccnc3)n[nH]2)c1. The lowest BCUT2D eigenvalue weighted by molar-refractivity contribution is 0.0605. The third-order valence-electron chi connectivity index (χ3n) is 5.12. The van der Waals surface area contributed by atoms with Gasteiger partial charge in [-0.3, -0.25) is 14.9 Å². The number of carbonyl (C=O) groups is 1. The molecule has 1 atom stereocenters. The molecule has 0 unspecified atom stereocenters. The Morgan fingerprint density at radius 1 is 1.21 bits per heavy atom. The van der Waals surface area contributed by atoms with E-state index >= 15 is 0 Å². The van der Waals surface area contributed by atoms with Crippen LogP contribution >= 0.6 is 0 Å². The maximum absolute atomic E-state index is 13.1. The first-order chi connectivity index (χ1) is 14.2. The number of nitrogens with zero attached hydrogens (tertiary/aromatic N) is 3. The van der Waals surface area contributed by atoms with E-state index in [-0.39, 0.29) is 11.9 Å². The number of nitrogens with one attached hydrogen (secondary N) is 1. The summed E-state index contributed by atoms with van der Waals surface area (Å²) in [5.41, 5.74) is 2.22. The van der Waals surface area contributed by atoms with Crippen molar-refractivity contribution in [1.29, 1.82) is 0 Å². The minimum Gasteiger partial charge on any atom is -0.497 e. The predicted molar refractivity (Wildman–Crippen MR) is 108 cm³/mol. The van der Waals surface area contributed by atoms with Crippen LogP contribution in [0.2, 0.25) is 0 Å². The Labute approximate surface area is 169 Å². The van der Waals surface area contributed by atoms with E-state index in [4.69, 9.17) is 9.47 Å². The van der Waals surface area contributed by atoms with Crippen molar-refractivity contribution in [2.45, 2.75) is 31.9 Å². The summed E-state index contributed by atoms with van der Waals surface area (Å²) < 4.78 is 11.0. The fraction of sp³-hybridized carbons (Fsp3) is 0.318. The first-order valence-corrected chi connectivity index (χ1v) is 9.76. The van der Waals surface area contributed by atoms with Crippen molar-refractivity contribution in [3.8, 4) is 11.5 Å². The second kappa shape index (κ2) is 8.77. The van der Waals surface area contributed by atoms with Crippen LogP contribution in [0.5, 0.6) is 11.5 Å². The fourth-order valence-corrected chi connectivity index (χ4v) is 3.64. The largest absolute Gasteiger partial charge is 0.497 e. The Morgan fingerprint density at radius 2 is 2.10 bits per heavy atom. The topological polar surface area (TPSA) is 80.3 Å². The summed E-state index contributed by atoms with van der Waals surface area (Å²) in [5, 5.41) is 7.14. The van der Waals surface area contributed by atoms with Gasteiger partial charge in [0.2, 0.25) is 0 Å². The molecule has 1 fully saturated rings. The van der Waals surface area contributed by atoms with E-state index < -0.39 is 0 Å². The minimum absolute atomic E-state index is 0.0399. The van der Waals surface area contributed by atoms with Gasteiger partial charge in [-0.2, -0.15) is 5.10 Å². The number of ether oxygens (including phenoxy) is 2. The number of aromatic nitrogens is 3. The summed E-state index contributed by atoms with van der Waals surface area (Å²) in [5.74, 6) is 1.36. The molecule has 2 aromatic heterocycles. The molecule has 1 aliphatic heterocycles. The number of H-pyrrole nitrogens is 1. The second-order valence-corrected chi connectivity index (χ2v) is 7.04. The number of methoxy groups -OCH3 is 1. The van der Waals surface area contributed by atoms with Crippen LogP contribution in [-0.2, 0) is 6.61 Å². The van der Waals surface area contributed by atoms with Gasteiger partial charge in [-0.05, 0) is 49.1 Å². The number of hydrogen-bond acceptors (Lipinski definition) is 5. The van der Waals surface area contributed by atoms with Gasteiger partial charge in [-0.1, -0.05) is 12.1 Å². The Bertz CT molecular complexity index is 957. The van der Waals surface area contributed by atoms with Crippen LogP contribution in [0.25, 0.3) is 0 Å². The summed E-state index contributed by atoms with van der Waals surface area (Å²) in [6.45, 7) is 1.01. The van der Waals surface area contributed by atoms with Gasteiger partial charge in [0.1, 0.15) is 18.1 Å². The molecule has 0 radical (unpaired) electrons. The van der Waals surface area contributed by atoms with Crippen LogP contribution < -0.4 is 9.47 Å². The Hall–Kier alpha value is -3.35. The van der Waals surface area contributed by atoms with Crippen LogP contribution in [-0.4, -0.2) is 39.6 Å². The van der Waals surface area contributed by atoms with Gasteiger partial charge in [-0.15, -0.1) is 0 Å².